The second-order valence-corrected chi connectivity index (χ2v) is 22.4. The first-order valence-corrected chi connectivity index (χ1v) is 24.9. The summed E-state index contributed by atoms with van der Waals surface area (Å²) in [7, 11) is -2.22. The molecule has 0 radical (unpaired) electrons. The normalized spacial score (nSPS) is 14.1. The van der Waals surface area contributed by atoms with Gasteiger partial charge in [0.2, 0.25) is 11.5 Å². The molecular weight excluding hydrogens is 829 g/mol. The number of pyridine rings is 1. The smallest absolute Gasteiger partial charge is 0.411 e. The van der Waals surface area contributed by atoms with Crippen molar-refractivity contribution in [1.29, 1.82) is 0 Å². The molecule has 6 rings (SSSR count). The number of phenols is 1. The molecule has 1 atom stereocenters. The number of amides is 3. The summed E-state index contributed by atoms with van der Waals surface area (Å²) in [5.41, 5.74) is 5.20. The zero-order valence-corrected chi connectivity index (χ0v) is 38.5. The lowest BCUT2D eigenvalue weighted by atomic mass is 10.0. The van der Waals surface area contributed by atoms with Crippen molar-refractivity contribution in [3.63, 3.8) is 0 Å². The summed E-state index contributed by atoms with van der Waals surface area (Å²) in [5.74, 6) is -0.0639. The highest BCUT2D eigenvalue weighted by atomic mass is 28.4. The van der Waals surface area contributed by atoms with Crippen LogP contribution in [0.5, 0.6) is 5.75 Å². The number of aromatic hydroxyl groups is 1. The molecule has 64 heavy (non-hydrogen) atoms. The van der Waals surface area contributed by atoms with E-state index in [9.17, 15) is 24.3 Å². The minimum Gasteiger partial charge on any atom is -0.506 e. The monoisotopic (exact) mass is 890 g/mol. The Morgan fingerprint density at radius 3 is 2.33 bits per heavy atom. The Morgan fingerprint density at radius 1 is 0.875 bits per heavy atom. The molecule has 14 nitrogen and oxygen atoms in total. The molecule has 0 saturated carbocycles. The van der Waals surface area contributed by atoms with E-state index >= 15 is 0 Å². The van der Waals surface area contributed by atoms with Gasteiger partial charge in [0.05, 0.1) is 23.9 Å². The molecule has 2 heterocycles. The van der Waals surface area contributed by atoms with E-state index in [4.69, 9.17) is 13.9 Å². The number of hydrogen-bond donors (Lipinski definition) is 6. The summed E-state index contributed by atoms with van der Waals surface area (Å²) in [6.45, 7) is 14.6. The topological polar surface area (TPSA) is 183 Å². The lowest BCUT2D eigenvalue weighted by Crippen LogP contribution is -2.43. The van der Waals surface area contributed by atoms with E-state index in [1.807, 2.05) is 84.9 Å². The minimum absolute atomic E-state index is 0.00656. The Morgan fingerprint density at radius 2 is 1.59 bits per heavy atom. The van der Waals surface area contributed by atoms with Crippen LogP contribution in [-0.4, -0.2) is 86.8 Å². The van der Waals surface area contributed by atoms with Gasteiger partial charge in [0.25, 0.3) is 0 Å². The van der Waals surface area contributed by atoms with Crippen molar-refractivity contribution in [2.45, 2.75) is 83.3 Å². The van der Waals surface area contributed by atoms with Crippen LogP contribution in [0.2, 0.25) is 18.1 Å². The van der Waals surface area contributed by atoms with Crippen molar-refractivity contribution in [3.8, 4) is 16.9 Å². The van der Waals surface area contributed by atoms with E-state index in [0.717, 1.165) is 40.7 Å². The second-order valence-electron chi connectivity index (χ2n) is 17.7. The van der Waals surface area contributed by atoms with E-state index in [-0.39, 0.29) is 41.1 Å². The summed E-state index contributed by atoms with van der Waals surface area (Å²) in [6.07, 6.45) is 0.623. The first kappa shape index (κ1) is 47.5. The summed E-state index contributed by atoms with van der Waals surface area (Å²) in [6, 6.07) is 31.6. The number of carbonyl (C=O) groups excluding carboxylic acids is 3. The van der Waals surface area contributed by atoms with Crippen molar-refractivity contribution >= 4 is 48.7 Å². The van der Waals surface area contributed by atoms with Gasteiger partial charge in [-0.1, -0.05) is 87.5 Å². The van der Waals surface area contributed by atoms with Gasteiger partial charge in [-0.25, -0.2) is 9.59 Å². The van der Waals surface area contributed by atoms with Gasteiger partial charge in [-0.2, -0.15) is 0 Å². The summed E-state index contributed by atoms with van der Waals surface area (Å²) < 4.78 is 18.0. The Bertz CT molecular complexity index is 2400. The van der Waals surface area contributed by atoms with Crippen LogP contribution < -0.4 is 26.8 Å². The molecule has 0 bridgehead atoms. The minimum atomic E-state index is -2.22. The fraction of sp³-hybridized carbons (Fsp3) is 0.388. The molecule has 340 valence electrons. The number of piperidine rings is 1. The van der Waals surface area contributed by atoms with Crippen LogP contribution in [0.15, 0.2) is 108 Å². The molecule has 1 aromatic heterocycles. The average Bonchev–Trinajstić information content (AvgIpc) is 3.26. The molecule has 0 unspecified atom stereocenters. The highest BCUT2D eigenvalue weighted by molar-refractivity contribution is 6.74. The first-order valence-electron chi connectivity index (χ1n) is 22.0. The molecule has 1 aliphatic rings. The number of para-hydroxylation sites is 1. The van der Waals surface area contributed by atoms with Crippen LogP contribution in [0.25, 0.3) is 22.0 Å². The maximum atomic E-state index is 12.8. The standard InChI is InChI=1S/C49H62N6O8Si/c1-49(2,3)64(4,5)63-43(39-20-22-42(56)46-40(39)21-23-45(58)54-46)33-50-32-34-16-18-36(19-17-34)52-47(59)61-31-11-27-51-44(57)26-30-55-28-24-37(25-29-55)62-48(60)53-41-15-10-9-14-38(41)35-12-7-6-8-13-35/h6-10,12-23,37,43,50,56H,11,24-33H2,1-5H3,(H,51,57)(H,52,59)(H,53,60)(H,54,58)/t43-/m0/s1. The maximum absolute atomic E-state index is 12.8. The number of H-pyrrole nitrogens is 1. The second kappa shape index (κ2) is 22.1. The lowest BCUT2D eigenvalue weighted by molar-refractivity contribution is -0.121. The Kier molecular flexibility index (Phi) is 16.4. The van der Waals surface area contributed by atoms with E-state index in [2.05, 4.69) is 65.0 Å². The average molecular weight is 891 g/mol. The zero-order valence-electron chi connectivity index (χ0n) is 37.5. The number of aromatic nitrogens is 1. The SMILES string of the molecule is CC(C)(C)[Si](C)(C)O[C@@H](CNCc1ccc(NC(=O)OCCCNC(=O)CCN2CCC(OC(=O)Nc3ccccc3-c3ccccc3)CC2)cc1)c1ccc(O)c2[nH]c(=O)ccc12. The lowest BCUT2D eigenvalue weighted by Gasteiger charge is -2.39. The Labute approximate surface area is 376 Å². The van der Waals surface area contributed by atoms with Crippen molar-refractivity contribution in [2.75, 3.05) is 50.0 Å². The van der Waals surface area contributed by atoms with Gasteiger partial charge in [-0.15, -0.1) is 0 Å². The van der Waals surface area contributed by atoms with Gasteiger partial charge in [0.15, 0.2) is 8.32 Å². The number of fused-ring (bicyclic) bond motifs is 1. The Hall–Kier alpha value is -6.00. The fourth-order valence-corrected chi connectivity index (χ4v) is 8.59. The maximum Gasteiger partial charge on any atom is 0.411 e. The van der Waals surface area contributed by atoms with Crippen molar-refractivity contribution in [3.05, 3.63) is 125 Å². The van der Waals surface area contributed by atoms with E-state index in [1.54, 1.807) is 12.1 Å². The largest absolute Gasteiger partial charge is 0.506 e. The third-order valence-electron chi connectivity index (χ3n) is 11.9. The predicted molar refractivity (Wildman–Crippen MR) is 254 cm³/mol. The molecule has 4 aromatic carbocycles. The third-order valence-corrected chi connectivity index (χ3v) is 16.4. The van der Waals surface area contributed by atoms with Crippen molar-refractivity contribution < 1.29 is 33.4 Å². The molecule has 15 heteroatoms. The van der Waals surface area contributed by atoms with E-state index < -0.39 is 20.5 Å². The summed E-state index contributed by atoms with van der Waals surface area (Å²) in [4.78, 5) is 54.8. The van der Waals surface area contributed by atoms with Crippen molar-refractivity contribution in [1.82, 2.24) is 20.5 Å². The molecule has 6 N–H and O–H groups in total. The van der Waals surface area contributed by atoms with Crippen LogP contribution in [0, 0.1) is 0 Å². The van der Waals surface area contributed by atoms with Gasteiger partial charge in [-0.05, 0) is 84.4 Å². The first-order chi connectivity index (χ1) is 30.6. The van der Waals surface area contributed by atoms with Gasteiger partial charge in [-0.3, -0.25) is 20.2 Å². The number of nitrogens with zero attached hydrogens (tertiary/aromatic N) is 1. The number of ether oxygens (including phenoxy) is 2. The van der Waals surface area contributed by atoms with Gasteiger partial charge < -0.3 is 39.5 Å². The van der Waals surface area contributed by atoms with Crippen LogP contribution >= 0.6 is 0 Å². The Balaban J connectivity index is 0.848. The van der Waals surface area contributed by atoms with Gasteiger partial charge in [0, 0.05) is 68.4 Å². The van der Waals surface area contributed by atoms with Crippen LogP contribution in [0.4, 0.5) is 21.0 Å². The number of hydrogen-bond acceptors (Lipinski definition) is 10. The number of anilines is 2. The molecular formula is C49H62N6O8Si. The molecule has 0 aliphatic carbocycles. The molecule has 0 spiro atoms. The summed E-state index contributed by atoms with van der Waals surface area (Å²) in [5, 5.41) is 23.3. The number of phenolic OH excluding ortho intramolecular Hbond substituents is 1. The van der Waals surface area contributed by atoms with Crippen LogP contribution in [0.1, 0.15) is 63.7 Å². The van der Waals surface area contributed by atoms with E-state index in [0.29, 0.717) is 68.8 Å². The number of likely N-dealkylation sites (tertiary alicyclic amines) is 1. The number of carbonyl (C=O) groups is 3. The predicted octanol–water partition coefficient (Wildman–Crippen LogP) is 8.91. The third kappa shape index (κ3) is 13.5. The zero-order chi connectivity index (χ0) is 45.7. The van der Waals surface area contributed by atoms with Gasteiger partial charge in [0.1, 0.15) is 11.9 Å². The quantitative estimate of drug-likeness (QED) is 0.0367. The summed E-state index contributed by atoms with van der Waals surface area (Å²) >= 11 is 0. The van der Waals surface area contributed by atoms with Crippen LogP contribution in [-0.2, 0) is 25.2 Å². The fourth-order valence-electron chi connectivity index (χ4n) is 7.31. The highest BCUT2D eigenvalue weighted by Crippen LogP contribution is 2.41. The molecule has 1 saturated heterocycles. The number of nitrogens with one attached hydrogen (secondary N) is 5. The number of aromatic amines is 1. The highest BCUT2D eigenvalue weighted by Gasteiger charge is 2.40. The number of benzene rings is 4. The molecule has 1 fully saturated rings. The van der Waals surface area contributed by atoms with E-state index in [1.165, 1.54) is 6.07 Å². The van der Waals surface area contributed by atoms with Gasteiger partial charge >= 0.3 is 12.2 Å². The molecule has 1 aliphatic heterocycles. The molecule has 5 aromatic rings. The molecule has 3 amide bonds. The number of rotatable bonds is 18. The van der Waals surface area contributed by atoms with Crippen LogP contribution in [0.3, 0.4) is 0 Å². The van der Waals surface area contributed by atoms with Crippen molar-refractivity contribution in [2.24, 2.45) is 0 Å².